The smallest absolute Gasteiger partial charge is 0.251 e. The predicted molar refractivity (Wildman–Crippen MR) is 134 cm³/mol. The van der Waals surface area contributed by atoms with Crippen molar-refractivity contribution in [2.75, 3.05) is 37.9 Å². The van der Waals surface area contributed by atoms with Gasteiger partial charge in [0.15, 0.2) is 5.16 Å². The molecule has 2 aromatic carbocycles. The number of ether oxygens (including phenoxy) is 2. The summed E-state index contributed by atoms with van der Waals surface area (Å²) in [5.74, 6) is 0.620. The summed E-state index contributed by atoms with van der Waals surface area (Å²) in [6.07, 6.45) is 3.22. The van der Waals surface area contributed by atoms with Crippen LogP contribution < -0.4 is 15.4 Å². The predicted octanol–water partition coefficient (Wildman–Crippen LogP) is 3.03. The lowest BCUT2D eigenvalue weighted by Crippen LogP contribution is -2.44. The minimum absolute atomic E-state index is 0.184. The molecule has 184 valence electrons. The van der Waals surface area contributed by atoms with Gasteiger partial charge in [-0.05, 0) is 48.7 Å². The van der Waals surface area contributed by atoms with E-state index in [9.17, 15) is 9.59 Å². The molecule has 35 heavy (non-hydrogen) atoms. The lowest BCUT2D eigenvalue weighted by atomic mass is 9.74. The van der Waals surface area contributed by atoms with Gasteiger partial charge in [-0.1, -0.05) is 30.0 Å². The monoisotopic (exact) mass is 495 g/mol. The topological polar surface area (TPSA) is 107 Å². The van der Waals surface area contributed by atoms with Crippen LogP contribution >= 0.6 is 11.8 Å². The van der Waals surface area contributed by atoms with E-state index in [0.29, 0.717) is 36.2 Å². The summed E-state index contributed by atoms with van der Waals surface area (Å²) >= 11 is 1.30. The standard InChI is InChI=1S/C25H29N5O4S/c1-30-17-27-29-24(30)35-15-22(31)28-20-5-3-4-18(14-20)23(32)26-16-25(10-12-34-13-11-25)19-6-8-21(33-2)9-7-19/h3-9,14,17H,10-13,15-16H2,1-2H3,(H,26,32)(H,28,31). The maximum atomic E-state index is 13.0. The average molecular weight is 496 g/mol. The maximum absolute atomic E-state index is 13.0. The van der Waals surface area contributed by atoms with Gasteiger partial charge in [0.25, 0.3) is 5.91 Å². The first-order valence-corrected chi connectivity index (χ1v) is 12.3. The Morgan fingerprint density at radius 1 is 1.17 bits per heavy atom. The number of anilines is 1. The molecule has 0 bridgehead atoms. The molecular weight excluding hydrogens is 466 g/mol. The fourth-order valence-corrected chi connectivity index (χ4v) is 4.78. The van der Waals surface area contributed by atoms with Crippen molar-refractivity contribution in [1.82, 2.24) is 20.1 Å². The lowest BCUT2D eigenvalue weighted by Gasteiger charge is -2.38. The summed E-state index contributed by atoms with van der Waals surface area (Å²) in [7, 11) is 3.47. The molecule has 0 unspecified atom stereocenters. The van der Waals surface area contributed by atoms with Crippen molar-refractivity contribution in [1.29, 1.82) is 0 Å². The van der Waals surface area contributed by atoms with Crippen molar-refractivity contribution in [2.24, 2.45) is 7.05 Å². The normalized spacial score (nSPS) is 14.8. The second-order valence-corrected chi connectivity index (χ2v) is 9.39. The number of aryl methyl sites for hydroxylation is 1. The molecule has 1 aliphatic heterocycles. The fourth-order valence-electron chi connectivity index (χ4n) is 4.09. The van der Waals surface area contributed by atoms with Crippen LogP contribution in [0.5, 0.6) is 5.75 Å². The van der Waals surface area contributed by atoms with Gasteiger partial charge in [0.2, 0.25) is 5.91 Å². The van der Waals surface area contributed by atoms with Gasteiger partial charge in [0.1, 0.15) is 12.1 Å². The molecule has 1 saturated heterocycles. The molecule has 4 rings (SSSR count). The van der Waals surface area contributed by atoms with Crippen molar-refractivity contribution < 1.29 is 19.1 Å². The molecule has 0 radical (unpaired) electrons. The molecule has 3 aromatic rings. The average Bonchev–Trinajstić information content (AvgIpc) is 3.31. The molecule has 0 saturated carbocycles. The van der Waals surface area contributed by atoms with E-state index in [4.69, 9.17) is 9.47 Å². The highest BCUT2D eigenvalue weighted by Gasteiger charge is 2.35. The molecule has 2 heterocycles. The Morgan fingerprint density at radius 2 is 1.94 bits per heavy atom. The number of carbonyl (C=O) groups excluding carboxylic acids is 2. The van der Waals surface area contributed by atoms with Crippen LogP contribution in [0.3, 0.4) is 0 Å². The minimum atomic E-state index is -0.205. The van der Waals surface area contributed by atoms with E-state index in [-0.39, 0.29) is 23.0 Å². The Kier molecular flexibility index (Phi) is 8.04. The molecule has 0 atom stereocenters. The molecule has 1 aliphatic rings. The maximum Gasteiger partial charge on any atom is 0.251 e. The van der Waals surface area contributed by atoms with Crippen molar-refractivity contribution in [3.8, 4) is 5.75 Å². The highest BCUT2D eigenvalue weighted by molar-refractivity contribution is 7.99. The number of thioether (sulfide) groups is 1. The zero-order valence-corrected chi connectivity index (χ0v) is 20.6. The summed E-state index contributed by atoms with van der Waals surface area (Å²) in [6.45, 7) is 1.79. The number of methoxy groups -OCH3 is 1. The molecule has 2 N–H and O–H groups in total. The first-order valence-electron chi connectivity index (χ1n) is 11.4. The van der Waals surface area contributed by atoms with Crippen LogP contribution in [0.2, 0.25) is 0 Å². The zero-order chi connectivity index (χ0) is 24.7. The quantitative estimate of drug-likeness (QED) is 0.440. The first kappa shape index (κ1) is 24.7. The molecule has 9 nitrogen and oxygen atoms in total. The van der Waals surface area contributed by atoms with E-state index in [1.807, 2.05) is 19.2 Å². The first-order chi connectivity index (χ1) is 17.0. The van der Waals surface area contributed by atoms with E-state index in [1.54, 1.807) is 42.3 Å². The number of carbonyl (C=O) groups is 2. The van der Waals surface area contributed by atoms with Crippen molar-refractivity contribution in [2.45, 2.75) is 23.4 Å². The Morgan fingerprint density at radius 3 is 2.63 bits per heavy atom. The van der Waals surface area contributed by atoms with Gasteiger partial charge < -0.3 is 24.7 Å². The summed E-state index contributed by atoms with van der Waals surface area (Å²) in [6, 6.07) is 15.0. The van der Waals surface area contributed by atoms with Crippen LogP contribution in [0.15, 0.2) is 60.0 Å². The molecule has 1 aromatic heterocycles. The Balaban J connectivity index is 1.38. The van der Waals surface area contributed by atoms with E-state index in [0.717, 1.165) is 24.2 Å². The second kappa shape index (κ2) is 11.4. The number of aromatic nitrogens is 3. The van der Waals surface area contributed by atoms with E-state index >= 15 is 0 Å². The van der Waals surface area contributed by atoms with Gasteiger partial charge in [-0.3, -0.25) is 9.59 Å². The van der Waals surface area contributed by atoms with Gasteiger partial charge in [0.05, 0.1) is 12.9 Å². The Bertz CT molecular complexity index is 1160. The van der Waals surface area contributed by atoms with Gasteiger partial charge in [-0.15, -0.1) is 10.2 Å². The number of hydrogen-bond donors (Lipinski definition) is 2. The SMILES string of the molecule is COc1ccc(C2(CNC(=O)c3cccc(NC(=O)CSc4nncn4C)c3)CCOCC2)cc1. The number of nitrogens with zero attached hydrogens (tertiary/aromatic N) is 3. The number of rotatable bonds is 9. The molecule has 1 fully saturated rings. The summed E-state index contributed by atoms with van der Waals surface area (Å²) in [4.78, 5) is 25.4. The summed E-state index contributed by atoms with van der Waals surface area (Å²) in [5, 5.41) is 14.4. The minimum Gasteiger partial charge on any atom is -0.497 e. The summed E-state index contributed by atoms with van der Waals surface area (Å²) < 4.78 is 12.6. The van der Waals surface area contributed by atoms with Crippen molar-refractivity contribution in [3.63, 3.8) is 0 Å². The molecular formula is C25H29N5O4S. The Labute approximate surface area is 208 Å². The largest absolute Gasteiger partial charge is 0.497 e. The van der Waals surface area contributed by atoms with E-state index < -0.39 is 0 Å². The van der Waals surface area contributed by atoms with Gasteiger partial charge in [-0.2, -0.15) is 0 Å². The molecule has 10 heteroatoms. The number of hydrogen-bond acceptors (Lipinski definition) is 7. The molecule has 2 amide bonds. The number of benzene rings is 2. The molecule has 0 spiro atoms. The highest BCUT2D eigenvalue weighted by Crippen LogP contribution is 2.35. The van der Waals surface area contributed by atoms with E-state index in [2.05, 4.69) is 33.0 Å². The van der Waals surface area contributed by atoms with E-state index in [1.165, 1.54) is 11.8 Å². The third-order valence-corrected chi connectivity index (χ3v) is 7.18. The van der Waals surface area contributed by atoms with Crippen LogP contribution in [0.4, 0.5) is 5.69 Å². The van der Waals surface area contributed by atoms with Crippen LogP contribution in [0.25, 0.3) is 0 Å². The lowest BCUT2D eigenvalue weighted by molar-refractivity contribution is -0.113. The van der Waals surface area contributed by atoms with Crippen LogP contribution in [0, 0.1) is 0 Å². The Hall–Kier alpha value is -3.37. The summed E-state index contributed by atoms with van der Waals surface area (Å²) in [5.41, 5.74) is 2.00. The van der Waals surface area contributed by atoms with Gasteiger partial charge in [-0.25, -0.2) is 0 Å². The highest BCUT2D eigenvalue weighted by atomic mass is 32.2. The third kappa shape index (κ3) is 6.20. The van der Waals surface area contributed by atoms with Crippen LogP contribution in [0.1, 0.15) is 28.8 Å². The third-order valence-electron chi connectivity index (χ3n) is 6.15. The zero-order valence-electron chi connectivity index (χ0n) is 19.8. The van der Waals surface area contributed by atoms with Crippen LogP contribution in [-0.4, -0.2) is 59.2 Å². The van der Waals surface area contributed by atoms with Crippen LogP contribution in [-0.2, 0) is 22.0 Å². The second-order valence-electron chi connectivity index (χ2n) is 8.45. The van der Waals surface area contributed by atoms with Crippen molar-refractivity contribution >= 4 is 29.3 Å². The van der Waals surface area contributed by atoms with Crippen molar-refractivity contribution in [3.05, 3.63) is 66.0 Å². The molecule has 0 aliphatic carbocycles. The fraction of sp³-hybridized carbons (Fsp3) is 0.360. The van der Waals surface area contributed by atoms with Gasteiger partial charge in [0, 0.05) is 43.5 Å². The number of nitrogens with one attached hydrogen (secondary N) is 2. The van der Waals surface area contributed by atoms with Gasteiger partial charge >= 0.3 is 0 Å². The number of amides is 2.